The van der Waals surface area contributed by atoms with Crippen LogP contribution in [0.25, 0.3) is 0 Å². The zero-order chi connectivity index (χ0) is 38.0. The molecule has 290 valence electrons. The summed E-state index contributed by atoms with van der Waals surface area (Å²) in [6.45, 7) is 0.259. The van der Waals surface area contributed by atoms with Crippen molar-refractivity contribution in [1.29, 1.82) is 0 Å². The normalized spacial score (nSPS) is 31.8. The predicted molar refractivity (Wildman–Crippen MR) is 200 cm³/mol. The number of hydrogen-bond acceptors (Lipinski definition) is 13. The molecular weight excluding hydrogens is 706 g/mol. The fourth-order valence-corrected chi connectivity index (χ4v) is 7.32. The summed E-state index contributed by atoms with van der Waals surface area (Å²) in [5.41, 5.74) is 1.96. The van der Waals surface area contributed by atoms with Gasteiger partial charge in [-0.05, 0) is 27.5 Å². The molecule has 2 fully saturated rings. The van der Waals surface area contributed by atoms with Gasteiger partial charge in [0, 0.05) is 0 Å². The third-order valence-electron chi connectivity index (χ3n) is 10.2. The lowest BCUT2D eigenvalue weighted by Gasteiger charge is -2.53. The summed E-state index contributed by atoms with van der Waals surface area (Å²) in [7, 11) is 0. The van der Waals surface area contributed by atoms with Crippen molar-refractivity contribution in [2.45, 2.75) is 93.0 Å². The first-order chi connectivity index (χ1) is 27.0. The van der Waals surface area contributed by atoms with Gasteiger partial charge in [0.1, 0.15) is 61.0 Å². The number of nitrogens with zero attached hydrogens (tertiary/aromatic N) is 3. The van der Waals surface area contributed by atoms with E-state index in [9.17, 15) is 20.4 Å². The maximum atomic E-state index is 11.5. The number of aliphatic hydroxyl groups is 4. The molecule has 4 N–H and O–H groups in total. The minimum atomic E-state index is -1.73. The highest BCUT2D eigenvalue weighted by Gasteiger charge is 2.64. The number of aliphatic hydroxyl groups excluding tert-OH is 4. The molecule has 13 heteroatoms. The van der Waals surface area contributed by atoms with E-state index >= 15 is 0 Å². The highest BCUT2D eigenvalue weighted by atomic mass is 16.6. The smallest absolute Gasteiger partial charge is 0.178 e. The van der Waals surface area contributed by atoms with E-state index in [4.69, 9.17) is 28.4 Å². The van der Waals surface area contributed by atoms with Crippen LogP contribution in [0.3, 0.4) is 0 Å². The lowest BCUT2D eigenvalue weighted by molar-refractivity contribution is -0.298. The summed E-state index contributed by atoms with van der Waals surface area (Å²) in [4.78, 5) is 0. The first-order valence-corrected chi connectivity index (χ1v) is 18.5. The van der Waals surface area contributed by atoms with E-state index in [0.29, 0.717) is 6.61 Å². The molecule has 0 aromatic heterocycles. The molecule has 0 spiro atoms. The Morgan fingerprint density at radius 3 is 1.49 bits per heavy atom. The van der Waals surface area contributed by atoms with Gasteiger partial charge in [-0.25, -0.2) is 0 Å². The van der Waals surface area contributed by atoms with Crippen LogP contribution in [0, 0.1) is 0 Å². The monoisotopic (exact) mass is 753 g/mol. The van der Waals surface area contributed by atoms with E-state index in [0.717, 1.165) is 22.3 Å². The van der Waals surface area contributed by atoms with Gasteiger partial charge in [-0.3, -0.25) is 0 Å². The van der Waals surface area contributed by atoms with Crippen LogP contribution in [0.2, 0.25) is 0 Å². The van der Waals surface area contributed by atoms with Gasteiger partial charge in [0.2, 0.25) is 0 Å². The largest absolute Gasteiger partial charge is 0.394 e. The van der Waals surface area contributed by atoms with Crippen LogP contribution >= 0.6 is 0 Å². The van der Waals surface area contributed by atoms with Crippen molar-refractivity contribution in [2.24, 2.45) is 15.4 Å². The quantitative estimate of drug-likeness (QED) is 0.132. The summed E-state index contributed by atoms with van der Waals surface area (Å²) >= 11 is 0. The van der Waals surface area contributed by atoms with Crippen LogP contribution in [0.5, 0.6) is 0 Å². The number of hydrogen-bond donors (Lipinski definition) is 4. The van der Waals surface area contributed by atoms with Gasteiger partial charge in [-0.2, -0.15) is 5.11 Å². The van der Waals surface area contributed by atoms with E-state index in [1.807, 2.05) is 121 Å². The van der Waals surface area contributed by atoms with Gasteiger partial charge >= 0.3 is 0 Å². The maximum Gasteiger partial charge on any atom is 0.178 e. The zero-order valence-electron chi connectivity index (χ0n) is 30.2. The number of benzene rings is 4. The number of rotatable bonds is 16. The minimum absolute atomic E-state index is 0.0561. The Balaban J connectivity index is 1.30. The van der Waals surface area contributed by atoms with E-state index in [1.165, 1.54) is 6.21 Å². The Bertz CT molecular complexity index is 1790. The predicted octanol–water partition coefficient (Wildman–Crippen LogP) is 3.76. The van der Waals surface area contributed by atoms with E-state index in [-0.39, 0.29) is 26.4 Å². The van der Waals surface area contributed by atoms with Crippen LogP contribution in [0.4, 0.5) is 0 Å². The van der Waals surface area contributed by atoms with Crippen LogP contribution in [-0.4, -0.2) is 106 Å². The lowest BCUT2D eigenvalue weighted by atomic mass is 9.75. The summed E-state index contributed by atoms with van der Waals surface area (Å²) in [6, 6.07) is 38.9. The Morgan fingerprint density at radius 2 is 1.00 bits per heavy atom. The van der Waals surface area contributed by atoms with Gasteiger partial charge in [0.05, 0.1) is 45.9 Å². The molecule has 0 bridgehead atoms. The Labute approximate surface area is 319 Å². The summed E-state index contributed by atoms with van der Waals surface area (Å²) in [6.07, 6.45) is -10.8. The Hall–Kier alpha value is -4.25. The second kappa shape index (κ2) is 18.6. The molecule has 3 heterocycles. The van der Waals surface area contributed by atoms with Crippen LogP contribution < -0.4 is 0 Å². The molecule has 0 radical (unpaired) electrons. The van der Waals surface area contributed by atoms with Gasteiger partial charge in [0.25, 0.3) is 0 Å². The molecule has 4 aromatic carbocycles. The van der Waals surface area contributed by atoms with Crippen molar-refractivity contribution in [1.82, 2.24) is 0 Å². The van der Waals surface area contributed by atoms with E-state index in [1.54, 1.807) is 0 Å². The molecule has 2 saturated heterocycles. The molecule has 0 aliphatic carbocycles. The first kappa shape index (κ1) is 39.0. The fourth-order valence-electron chi connectivity index (χ4n) is 7.32. The highest BCUT2D eigenvalue weighted by Crippen LogP contribution is 2.42. The topological polar surface area (TPSA) is 173 Å². The van der Waals surface area contributed by atoms with Gasteiger partial charge in [-0.1, -0.05) is 121 Å². The average molecular weight is 754 g/mol. The van der Waals surface area contributed by atoms with Gasteiger partial charge in [0.15, 0.2) is 5.54 Å². The van der Waals surface area contributed by atoms with Crippen molar-refractivity contribution in [3.63, 3.8) is 0 Å². The minimum Gasteiger partial charge on any atom is -0.394 e. The summed E-state index contributed by atoms with van der Waals surface area (Å²) in [5.74, 6) is 0. The van der Waals surface area contributed by atoms with E-state index in [2.05, 4.69) is 15.4 Å². The van der Waals surface area contributed by atoms with Crippen LogP contribution in [0.1, 0.15) is 22.3 Å². The molecule has 3 aliphatic heterocycles. The van der Waals surface area contributed by atoms with Crippen molar-refractivity contribution >= 4 is 6.21 Å². The zero-order valence-corrected chi connectivity index (χ0v) is 30.2. The van der Waals surface area contributed by atoms with Crippen molar-refractivity contribution in [3.8, 4) is 0 Å². The molecule has 4 aromatic rings. The fraction of sp³-hybridized carbons (Fsp3) is 0.405. The average Bonchev–Trinajstić information content (AvgIpc) is 3.73. The maximum absolute atomic E-state index is 11.5. The molecule has 7 rings (SSSR count). The molecule has 1 unspecified atom stereocenters. The third-order valence-corrected chi connectivity index (χ3v) is 10.2. The van der Waals surface area contributed by atoms with Gasteiger partial charge in [-0.15, -0.1) is 5.10 Å². The van der Waals surface area contributed by atoms with Crippen LogP contribution in [-0.2, 0) is 54.8 Å². The van der Waals surface area contributed by atoms with Crippen molar-refractivity contribution < 1.29 is 48.8 Å². The number of ether oxygens (including phenoxy) is 6. The molecule has 3 aliphatic rings. The second-order valence-corrected chi connectivity index (χ2v) is 14.0. The molecule has 11 atom stereocenters. The van der Waals surface area contributed by atoms with Crippen molar-refractivity contribution in [3.05, 3.63) is 144 Å². The van der Waals surface area contributed by atoms with Crippen molar-refractivity contribution in [2.75, 3.05) is 13.2 Å². The standard InChI is InChI=1S/C42H47N3O10/c46-21-32-34(47)35(48)36(49)40(54-32)42(27-43-45-44-42)41-39(53-25-31-19-11-4-12-20-31)38(52-24-30-17-9-3-10-18-30)37(51-23-29-15-7-2-8-16-29)33(55-41)26-50-22-28-13-5-1-6-14-28/h1-20,27,32-41,46-49H,21-26H2/t32-,33-,34-,35-,36+,37-,38+,39+,40-,41+,42?/m1/s1. The SMILES string of the molecule is OC[C@H]1O[C@@H](C2([C@H]3O[C@H](COCc4ccccc4)[C@@H](OCc4ccccc4)[C@H](OCc4ccccc4)[C@@H]3OCc3ccccc3)C=NN=N2)[C@@H](O)[C@H](O)[C@@H]1O. The summed E-state index contributed by atoms with van der Waals surface area (Å²) in [5, 5.41) is 56.0. The van der Waals surface area contributed by atoms with Crippen LogP contribution in [0.15, 0.2) is 137 Å². The summed E-state index contributed by atoms with van der Waals surface area (Å²) < 4.78 is 39.9. The molecule has 13 nitrogen and oxygen atoms in total. The molecular formula is C42H47N3O10. The lowest BCUT2D eigenvalue weighted by Crippen LogP contribution is -2.73. The third kappa shape index (κ3) is 9.08. The second-order valence-electron chi connectivity index (χ2n) is 14.0. The first-order valence-electron chi connectivity index (χ1n) is 18.5. The Morgan fingerprint density at radius 1 is 0.527 bits per heavy atom. The molecule has 0 amide bonds. The highest BCUT2D eigenvalue weighted by molar-refractivity contribution is 5.74. The molecule has 55 heavy (non-hydrogen) atoms. The molecule has 0 saturated carbocycles. The Kier molecular flexibility index (Phi) is 13.2. The van der Waals surface area contributed by atoms with Gasteiger partial charge < -0.3 is 48.8 Å². The van der Waals surface area contributed by atoms with E-state index < -0.39 is 73.2 Å².